The minimum absolute atomic E-state index is 0.0821. The zero-order valence-electron chi connectivity index (χ0n) is 14.7. The molecule has 29 heavy (non-hydrogen) atoms. The summed E-state index contributed by atoms with van der Waals surface area (Å²) >= 11 is 0. The van der Waals surface area contributed by atoms with E-state index in [4.69, 9.17) is 36.4 Å². The Morgan fingerprint density at radius 2 is 1.24 bits per heavy atom. The van der Waals surface area contributed by atoms with Gasteiger partial charge < -0.3 is 32.1 Å². The highest BCUT2D eigenvalue weighted by molar-refractivity contribution is 5.81. The molecule has 0 aromatic rings. The summed E-state index contributed by atoms with van der Waals surface area (Å²) in [6.45, 7) is 0.714. The molecule has 0 aromatic carbocycles. The van der Waals surface area contributed by atoms with Crippen molar-refractivity contribution < 1.29 is 60.8 Å². The van der Waals surface area contributed by atoms with Crippen LogP contribution >= 0.6 is 0 Å². The average Bonchev–Trinajstić information content (AvgIpc) is 2.53. The highest BCUT2D eigenvalue weighted by Crippen LogP contribution is 2.13. The first kappa shape index (κ1) is 31.1. The van der Waals surface area contributed by atoms with Gasteiger partial charge in [0.05, 0.1) is 12.5 Å². The predicted molar refractivity (Wildman–Crippen MR) is 83.5 cm³/mol. The van der Waals surface area contributed by atoms with Gasteiger partial charge in [0, 0.05) is 6.54 Å². The predicted octanol–water partition coefficient (Wildman–Crippen LogP) is 0.300. The minimum atomic E-state index is -5.08. The number of nitrogens with one attached hydrogen (secondary N) is 1. The van der Waals surface area contributed by atoms with E-state index in [1.165, 1.54) is 0 Å². The van der Waals surface area contributed by atoms with Crippen LogP contribution in [0.1, 0.15) is 25.7 Å². The van der Waals surface area contributed by atoms with Gasteiger partial charge in [-0.15, -0.1) is 0 Å². The number of hydrogen-bond acceptors (Lipinski definition) is 6. The van der Waals surface area contributed by atoms with Crippen LogP contribution in [0.3, 0.4) is 0 Å². The Kier molecular flexibility index (Phi) is 16.4. The normalized spacial score (nSPS) is 11.7. The summed E-state index contributed by atoms with van der Waals surface area (Å²) in [6, 6.07) is -0.564. The molecule has 172 valence electrons. The molecule has 16 heteroatoms. The van der Waals surface area contributed by atoms with Gasteiger partial charge in [-0.05, 0) is 19.4 Å². The van der Waals surface area contributed by atoms with Gasteiger partial charge in [-0.2, -0.15) is 26.3 Å². The Bertz CT molecular complexity index is 502. The van der Waals surface area contributed by atoms with Crippen molar-refractivity contribution in [2.75, 3.05) is 13.1 Å². The fourth-order valence-corrected chi connectivity index (χ4v) is 1.06. The molecule has 0 aliphatic heterocycles. The van der Waals surface area contributed by atoms with Crippen LogP contribution < -0.4 is 16.8 Å². The lowest BCUT2D eigenvalue weighted by molar-refractivity contribution is -0.193. The molecule has 0 heterocycles. The molecular weight excluding hydrogens is 424 g/mol. The third kappa shape index (κ3) is 23.3. The van der Waals surface area contributed by atoms with Crippen LogP contribution in [0.4, 0.5) is 26.3 Å². The summed E-state index contributed by atoms with van der Waals surface area (Å²) in [4.78, 5) is 39.2. The van der Waals surface area contributed by atoms with Gasteiger partial charge in [0.15, 0.2) is 0 Å². The van der Waals surface area contributed by atoms with E-state index in [-0.39, 0.29) is 18.9 Å². The first-order chi connectivity index (χ1) is 13.0. The molecule has 0 aromatic heterocycles. The van der Waals surface area contributed by atoms with Crippen LogP contribution in [0.25, 0.3) is 0 Å². The second-order valence-electron chi connectivity index (χ2n) is 4.93. The van der Waals surface area contributed by atoms with E-state index in [2.05, 4.69) is 5.32 Å². The van der Waals surface area contributed by atoms with Gasteiger partial charge in [-0.1, -0.05) is 6.42 Å². The van der Waals surface area contributed by atoms with Crippen LogP contribution in [0, 0.1) is 0 Å². The number of rotatable bonds is 8. The second kappa shape index (κ2) is 15.3. The van der Waals surface area contributed by atoms with Crippen LogP contribution in [0.2, 0.25) is 0 Å². The summed E-state index contributed by atoms with van der Waals surface area (Å²) < 4.78 is 63.5. The first-order valence-electron chi connectivity index (χ1n) is 7.52. The largest absolute Gasteiger partial charge is 0.490 e. The Morgan fingerprint density at radius 1 is 0.862 bits per heavy atom. The number of carbonyl (C=O) groups excluding carboxylic acids is 1. The molecule has 10 nitrogen and oxygen atoms in total. The van der Waals surface area contributed by atoms with E-state index in [0.717, 1.165) is 12.8 Å². The highest BCUT2D eigenvalue weighted by atomic mass is 19.4. The average molecular weight is 445 g/mol. The van der Waals surface area contributed by atoms with Crippen molar-refractivity contribution in [3.8, 4) is 0 Å². The number of amides is 1. The van der Waals surface area contributed by atoms with Crippen LogP contribution in [-0.2, 0) is 19.2 Å². The summed E-state index contributed by atoms with van der Waals surface area (Å²) in [5, 5.41) is 25.1. The molecule has 0 spiro atoms. The molecule has 1 atom stereocenters. The Hall–Kier alpha value is -2.62. The molecule has 0 radical (unpaired) electrons. The monoisotopic (exact) mass is 445 g/mol. The van der Waals surface area contributed by atoms with Crippen molar-refractivity contribution in [1.82, 2.24) is 5.32 Å². The first-order valence-corrected chi connectivity index (χ1v) is 7.52. The fourth-order valence-electron chi connectivity index (χ4n) is 1.06. The molecule has 0 saturated carbocycles. The third-order valence-corrected chi connectivity index (χ3v) is 2.43. The number of carbonyl (C=O) groups is 4. The summed E-state index contributed by atoms with van der Waals surface area (Å²) in [5.74, 6) is -6.75. The fraction of sp³-hybridized carbons (Fsp3) is 0.692. The maximum Gasteiger partial charge on any atom is 0.490 e. The molecule has 0 rings (SSSR count). The van der Waals surface area contributed by atoms with Crippen LogP contribution in [-0.4, -0.2) is 70.6 Å². The lowest BCUT2D eigenvalue weighted by Crippen LogP contribution is -2.41. The number of unbranched alkanes of at least 4 members (excludes halogenated alkanes) is 1. The van der Waals surface area contributed by atoms with Gasteiger partial charge in [0.1, 0.15) is 0 Å². The quantitative estimate of drug-likeness (QED) is 0.225. The number of nitrogens with two attached hydrogens (primary N) is 2. The molecule has 0 bridgehead atoms. The van der Waals surface area contributed by atoms with Gasteiger partial charge in [0.2, 0.25) is 5.91 Å². The minimum Gasteiger partial charge on any atom is -0.481 e. The van der Waals surface area contributed by atoms with E-state index >= 15 is 0 Å². The molecular formula is C13H21F6N3O7. The van der Waals surface area contributed by atoms with Gasteiger partial charge in [-0.3, -0.25) is 9.59 Å². The van der Waals surface area contributed by atoms with Gasteiger partial charge in [0.25, 0.3) is 0 Å². The van der Waals surface area contributed by atoms with Crippen molar-refractivity contribution in [2.45, 2.75) is 44.1 Å². The SMILES string of the molecule is NCCCCC(N)C(=O)NCCC(=O)O.O=C(O)C(F)(F)F.O=C(O)C(F)(F)F. The van der Waals surface area contributed by atoms with E-state index in [1.807, 2.05) is 0 Å². The van der Waals surface area contributed by atoms with Crippen LogP contribution in [0.5, 0.6) is 0 Å². The van der Waals surface area contributed by atoms with Crippen molar-refractivity contribution in [3.63, 3.8) is 0 Å². The van der Waals surface area contributed by atoms with Gasteiger partial charge >= 0.3 is 30.3 Å². The van der Waals surface area contributed by atoms with E-state index in [1.54, 1.807) is 0 Å². The van der Waals surface area contributed by atoms with E-state index < -0.39 is 36.3 Å². The Balaban J connectivity index is -0.000000402. The lowest BCUT2D eigenvalue weighted by atomic mass is 10.1. The highest BCUT2D eigenvalue weighted by Gasteiger charge is 2.38. The maximum absolute atomic E-state index is 11.3. The van der Waals surface area contributed by atoms with Crippen molar-refractivity contribution in [3.05, 3.63) is 0 Å². The Labute approximate surface area is 159 Å². The molecule has 1 amide bonds. The van der Waals surface area contributed by atoms with Crippen molar-refractivity contribution in [2.24, 2.45) is 11.5 Å². The van der Waals surface area contributed by atoms with Crippen molar-refractivity contribution in [1.29, 1.82) is 0 Å². The summed E-state index contributed by atoms with van der Waals surface area (Å²) in [5.41, 5.74) is 10.9. The topological polar surface area (TPSA) is 193 Å². The number of halogens is 6. The maximum atomic E-state index is 11.3. The molecule has 0 fully saturated rings. The number of carboxylic acid groups (broad SMARTS) is 3. The molecule has 0 saturated heterocycles. The Morgan fingerprint density at radius 3 is 1.52 bits per heavy atom. The number of alkyl halides is 6. The molecule has 0 aliphatic carbocycles. The molecule has 1 unspecified atom stereocenters. The van der Waals surface area contributed by atoms with Crippen LogP contribution in [0.15, 0.2) is 0 Å². The lowest BCUT2D eigenvalue weighted by Gasteiger charge is -2.10. The smallest absolute Gasteiger partial charge is 0.481 e. The van der Waals surface area contributed by atoms with Crippen molar-refractivity contribution >= 4 is 23.8 Å². The summed E-state index contributed by atoms with van der Waals surface area (Å²) in [7, 11) is 0. The number of hydrogen-bond donors (Lipinski definition) is 6. The second-order valence-corrected chi connectivity index (χ2v) is 4.93. The number of aliphatic carboxylic acids is 3. The number of carboxylic acids is 3. The summed E-state index contributed by atoms with van der Waals surface area (Å²) in [6.07, 6.45) is -8.02. The molecule has 0 aliphatic rings. The molecule has 8 N–H and O–H groups in total. The standard InChI is InChI=1S/C9H19N3O3.2C2HF3O2/c10-5-2-1-3-7(11)9(15)12-6-4-8(13)14;2*3-2(4,5)1(6)7/h7H,1-6,10-11H2,(H,12,15)(H,13,14);2*(H,6,7). The van der Waals surface area contributed by atoms with Gasteiger partial charge in [-0.25, -0.2) is 9.59 Å². The zero-order valence-corrected chi connectivity index (χ0v) is 14.7. The van der Waals surface area contributed by atoms with E-state index in [9.17, 15) is 35.9 Å². The zero-order chi connectivity index (χ0) is 23.8. The third-order valence-electron chi connectivity index (χ3n) is 2.43. The van der Waals surface area contributed by atoms with E-state index in [0.29, 0.717) is 13.0 Å².